The third-order valence-corrected chi connectivity index (χ3v) is 2.20. The van der Waals surface area contributed by atoms with Crippen molar-refractivity contribution in [2.45, 2.75) is 19.4 Å². The summed E-state index contributed by atoms with van der Waals surface area (Å²) in [6.07, 6.45) is 2.16. The van der Waals surface area contributed by atoms with Gasteiger partial charge < -0.3 is 5.73 Å². The van der Waals surface area contributed by atoms with Gasteiger partial charge in [-0.3, -0.25) is 10.1 Å². The molecule has 0 amide bonds. The summed E-state index contributed by atoms with van der Waals surface area (Å²) in [5, 5.41) is 10.4. The molecule has 1 aromatic rings. The van der Waals surface area contributed by atoms with Gasteiger partial charge in [-0.05, 0) is 12.0 Å². The molecule has 0 saturated heterocycles. The van der Waals surface area contributed by atoms with E-state index in [-0.39, 0.29) is 16.9 Å². The lowest BCUT2D eigenvalue weighted by Crippen LogP contribution is -2.09. The van der Waals surface area contributed by atoms with Crippen molar-refractivity contribution in [2.24, 2.45) is 5.73 Å². The minimum atomic E-state index is -0.568. The Morgan fingerprint density at radius 2 is 2.43 bits per heavy atom. The standard InChI is InChI=1S/C8H10ClN3O2/c1-2-6(10)5-3-7(12(13)14)8(9)11-4-5/h3-4,6H,2,10H2,1H3/t6-/m1/s1. The number of nitro groups is 1. The van der Waals surface area contributed by atoms with E-state index in [1.807, 2.05) is 6.92 Å². The Hall–Kier alpha value is -1.20. The minimum Gasteiger partial charge on any atom is -0.324 e. The molecule has 1 heterocycles. The number of rotatable bonds is 3. The fourth-order valence-corrected chi connectivity index (χ4v) is 1.19. The molecule has 0 radical (unpaired) electrons. The predicted molar refractivity (Wildman–Crippen MR) is 53.1 cm³/mol. The van der Waals surface area contributed by atoms with Gasteiger partial charge in [0.05, 0.1) is 4.92 Å². The Morgan fingerprint density at radius 3 is 2.93 bits per heavy atom. The van der Waals surface area contributed by atoms with E-state index >= 15 is 0 Å². The Bertz CT molecular complexity index is 356. The zero-order valence-electron chi connectivity index (χ0n) is 7.61. The van der Waals surface area contributed by atoms with Crippen molar-refractivity contribution in [3.05, 3.63) is 33.1 Å². The van der Waals surface area contributed by atoms with Crippen LogP contribution in [-0.2, 0) is 0 Å². The summed E-state index contributed by atoms with van der Waals surface area (Å²) in [5.41, 5.74) is 6.14. The molecule has 1 rings (SSSR count). The second-order valence-electron chi connectivity index (χ2n) is 2.85. The van der Waals surface area contributed by atoms with E-state index in [1.54, 1.807) is 0 Å². The average molecular weight is 216 g/mol. The van der Waals surface area contributed by atoms with Crippen molar-refractivity contribution in [3.8, 4) is 0 Å². The molecule has 1 aromatic heterocycles. The highest BCUT2D eigenvalue weighted by atomic mass is 35.5. The molecule has 76 valence electrons. The van der Waals surface area contributed by atoms with Gasteiger partial charge in [-0.15, -0.1) is 0 Å². The van der Waals surface area contributed by atoms with E-state index < -0.39 is 4.92 Å². The van der Waals surface area contributed by atoms with E-state index in [1.165, 1.54) is 12.3 Å². The molecule has 0 saturated carbocycles. The maximum atomic E-state index is 10.5. The Labute approximate surface area is 86.0 Å². The lowest BCUT2D eigenvalue weighted by Gasteiger charge is -2.07. The second-order valence-corrected chi connectivity index (χ2v) is 3.21. The summed E-state index contributed by atoms with van der Waals surface area (Å²) < 4.78 is 0. The Kier molecular flexibility index (Phi) is 3.38. The molecule has 0 fully saturated rings. The third-order valence-electron chi connectivity index (χ3n) is 1.91. The van der Waals surface area contributed by atoms with Crippen molar-refractivity contribution in [1.82, 2.24) is 4.98 Å². The van der Waals surface area contributed by atoms with Crippen molar-refractivity contribution >= 4 is 17.3 Å². The molecule has 6 heteroatoms. The summed E-state index contributed by atoms with van der Waals surface area (Å²) in [4.78, 5) is 13.7. The van der Waals surface area contributed by atoms with Crippen LogP contribution in [0.2, 0.25) is 5.15 Å². The first kappa shape index (κ1) is 10.9. The van der Waals surface area contributed by atoms with E-state index in [2.05, 4.69) is 4.98 Å². The highest BCUT2D eigenvalue weighted by Crippen LogP contribution is 2.25. The minimum absolute atomic E-state index is 0.109. The van der Waals surface area contributed by atoms with Gasteiger partial charge in [-0.2, -0.15) is 0 Å². The molecule has 2 N–H and O–H groups in total. The average Bonchev–Trinajstić information content (AvgIpc) is 2.17. The number of nitrogens with two attached hydrogens (primary N) is 1. The van der Waals surface area contributed by atoms with Crippen molar-refractivity contribution < 1.29 is 4.92 Å². The van der Waals surface area contributed by atoms with Crippen LogP contribution in [0.3, 0.4) is 0 Å². The first-order valence-electron chi connectivity index (χ1n) is 4.11. The fourth-order valence-electron chi connectivity index (χ4n) is 1.02. The van der Waals surface area contributed by atoms with Crippen molar-refractivity contribution in [3.63, 3.8) is 0 Å². The van der Waals surface area contributed by atoms with Crippen LogP contribution >= 0.6 is 11.6 Å². The second kappa shape index (κ2) is 4.34. The molecule has 14 heavy (non-hydrogen) atoms. The van der Waals surface area contributed by atoms with Crippen LogP contribution in [0.5, 0.6) is 0 Å². The molecule has 0 spiro atoms. The molecule has 0 unspecified atom stereocenters. The zero-order valence-corrected chi connectivity index (χ0v) is 8.36. The van der Waals surface area contributed by atoms with Crippen LogP contribution in [0.25, 0.3) is 0 Å². The first-order valence-corrected chi connectivity index (χ1v) is 4.49. The number of halogens is 1. The van der Waals surface area contributed by atoms with E-state index in [0.29, 0.717) is 12.0 Å². The predicted octanol–water partition coefficient (Wildman–Crippen LogP) is 2.05. The molecule has 0 aliphatic carbocycles. The number of aromatic nitrogens is 1. The maximum absolute atomic E-state index is 10.5. The topological polar surface area (TPSA) is 82.0 Å². The fraction of sp³-hybridized carbons (Fsp3) is 0.375. The van der Waals surface area contributed by atoms with Crippen LogP contribution in [0.15, 0.2) is 12.3 Å². The van der Waals surface area contributed by atoms with Crippen LogP contribution in [-0.4, -0.2) is 9.91 Å². The lowest BCUT2D eigenvalue weighted by molar-refractivity contribution is -0.385. The normalized spacial score (nSPS) is 12.5. The smallest absolute Gasteiger partial charge is 0.306 e. The highest BCUT2D eigenvalue weighted by Gasteiger charge is 2.16. The number of hydrogen-bond acceptors (Lipinski definition) is 4. The Balaban J connectivity index is 3.12. The monoisotopic (exact) mass is 215 g/mol. The lowest BCUT2D eigenvalue weighted by atomic mass is 10.1. The molecule has 0 aliphatic heterocycles. The number of nitrogens with zero attached hydrogens (tertiary/aromatic N) is 2. The van der Waals surface area contributed by atoms with Gasteiger partial charge in [0.25, 0.3) is 0 Å². The van der Waals surface area contributed by atoms with Crippen LogP contribution in [0.1, 0.15) is 24.9 Å². The van der Waals surface area contributed by atoms with E-state index in [0.717, 1.165) is 0 Å². The molecule has 0 aromatic carbocycles. The van der Waals surface area contributed by atoms with Crippen molar-refractivity contribution in [1.29, 1.82) is 0 Å². The summed E-state index contributed by atoms with van der Waals surface area (Å²) in [7, 11) is 0. The first-order chi connectivity index (χ1) is 6.56. The summed E-state index contributed by atoms with van der Waals surface area (Å²) in [6.45, 7) is 1.89. The van der Waals surface area contributed by atoms with Gasteiger partial charge in [0.15, 0.2) is 0 Å². The van der Waals surface area contributed by atoms with Crippen molar-refractivity contribution in [2.75, 3.05) is 0 Å². The van der Waals surface area contributed by atoms with E-state index in [9.17, 15) is 10.1 Å². The molecule has 0 bridgehead atoms. The summed E-state index contributed by atoms with van der Waals surface area (Å²) in [5.74, 6) is 0. The molecule has 0 aliphatic rings. The van der Waals surface area contributed by atoms with Gasteiger partial charge in [0.1, 0.15) is 0 Å². The maximum Gasteiger partial charge on any atom is 0.306 e. The molecule has 5 nitrogen and oxygen atoms in total. The SMILES string of the molecule is CC[C@@H](N)c1cnc(Cl)c([N+](=O)[O-])c1. The van der Waals surface area contributed by atoms with Gasteiger partial charge >= 0.3 is 5.69 Å². The number of pyridine rings is 1. The number of hydrogen-bond donors (Lipinski definition) is 1. The third kappa shape index (κ3) is 2.18. The van der Waals surface area contributed by atoms with Crippen LogP contribution in [0.4, 0.5) is 5.69 Å². The molecular formula is C8H10ClN3O2. The summed E-state index contributed by atoms with van der Waals surface area (Å²) in [6, 6.07) is 1.13. The highest BCUT2D eigenvalue weighted by molar-refractivity contribution is 6.31. The zero-order chi connectivity index (χ0) is 10.7. The Morgan fingerprint density at radius 1 is 1.79 bits per heavy atom. The van der Waals surface area contributed by atoms with Crippen LogP contribution < -0.4 is 5.73 Å². The van der Waals surface area contributed by atoms with E-state index in [4.69, 9.17) is 17.3 Å². The largest absolute Gasteiger partial charge is 0.324 e. The van der Waals surface area contributed by atoms with Gasteiger partial charge in [-0.25, -0.2) is 4.98 Å². The quantitative estimate of drug-likeness (QED) is 0.475. The van der Waals surface area contributed by atoms with Crippen LogP contribution in [0, 0.1) is 10.1 Å². The summed E-state index contributed by atoms with van der Waals surface area (Å²) >= 11 is 5.55. The van der Waals surface area contributed by atoms with Gasteiger partial charge in [-0.1, -0.05) is 18.5 Å². The van der Waals surface area contributed by atoms with Gasteiger partial charge in [0.2, 0.25) is 5.15 Å². The van der Waals surface area contributed by atoms with Gasteiger partial charge in [0, 0.05) is 18.3 Å². The molecular weight excluding hydrogens is 206 g/mol. The molecule has 1 atom stereocenters.